The number of benzene rings is 1. The predicted molar refractivity (Wildman–Crippen MR) is 137 cm³/mol. The number of aromatic hydroxyl groups is 1. The van der Waals surface area contributed by atoms with Crippen LogP contribution in [0.2, 0.25) is 0 Å². The molecule has 11 heteroatoms. The molecule has 0 bridgehead atoms. The largest absolute Gasteiger partial charge is 0.508 e. The number of rotatable bonds is 11. The third-order valence-corrected chi connectivity index (χ3v) is 6.42. The van der Waals surface area contributed by atoms with Crippen LogP contribution in [0.25, 0.3) is 0 Å². The fraction of sp³-hybridized carbons (Fsp3) is 0.320. The molecule has 2 amide bonds. The molecule has 1 aromatic carbocycles. The third kappa shape index (κ3) is 7.01. The van der Waals surface area contributed by atoms with Gasteiger partial charge in [-0.2, -0.15) is 0 Å². The molecule has 2 heterocycles. The Balaban J connectivity index is 1.57. The molecule has 0 aliphatic rings. The van der Waals surface area contributed by atoms with Gasteiger partial charge in [0, 0.05) is 13.1 Å². The number of hydrogen-bond acceptors (Lipinski definition) is 8. The van der Waals surface area contributed by atoms with Gasteiger partial charge in [0.2, 0.25) is 5.95 Å². The number of carbonyl (C=O) groups is 3. The summed E-state index contributed by atoms with van der Waals surface area (Å²) in [7, 11) is 0. The van der Waals surface area contributed by atoms with Crippen LogP contribution in [0.3, 0.4) is 0 Å². The van der Waals surface area contributed by atoms with E-state index in [-0.39, 0.29) is 17.9 Å². The fourth-order valence-corrected chi connectivity index (χ4v) is 4.29. The summed E-state index contributed by atoms with van der Waals surface area (Å²) >= 11 is 1.23. The molecule has 0 saturated heterocycles. The first kappa shape index (κ1) is 26.6. The number of aryl methyl sites for hydroxylation is 4. The van der Waals surface area contributed by atoms with E-state index in [2.05, 4.69) is 25.9 Å². The Morgan fingerprint density at radius 1 is 1.06 bits per heavy atom. The first-order chi connectivity index (χ1) is 17.2. The molecule has 0 aliphatic carbocycles. The number of carboxylic acids is 1. The summed E-state index contributed by atoms with van der Waals surface area (Å²) in [5.41, 5.74) is 3.16. The van der Waals surface area contributed by atoms with Crippen LogP contribution in [0.5, 0.6) is 5.75 Å². The van der Waals surface area contributed by atoms with Gasteiger partial charge < -0.3 is 26.2 Å². The van der Waals surface area contributed by atoms with Crippen LogP contribution in [0.1, 0.15) is 49.0 Å². The van der Waals surface area contributed by atoms with Crippen LogP contribution in [0.4, 0.5) is 5.95 Å². The molecule has 36 heavy (non-hydrogen) atoms. The first-order valence-electron chi connectivity index (χ1n) is 11.4. The van der Waals surface area contributed by atoms with E-state index < -0.39 is 23.8 Å². The van der Waals surface area contributed by atoms with Crippen LogP contribution in [-0.4, -0.2) is 57.1 Å². The normalized spacial score (nSPS) is 11.5. The number of phenolic OH excluding ortho intramolecular Hbond substituents is 1. The summed E-state index contributed by atoms with van der Waals surface area (Å²) < 4.78 is 0. The van der Waals surface area contributed by atoms with Crippen molar-refractivity contribution in [2.75, 3.05) is 18.4 Å². The van der Waals surface area contributed by atoms with Gasteiger partial charge in [-0.25, -0.2) is 14.8 Å². The van der Waals surface area contributed by atoms with Crippen molar-refractivity contribution in [3.05, 3.63) is 68.7 Å². The summed E-state index contributed by atoms with van der Waals surface area (Å²) in [6.45, 7) is 5.62. The Kier molecular flexibility index (Phi) is 8.96. The van der Waals surface area contributed by atoms with Crippen LogP contribution in [0.15, 0.2) is 35.7 Å². The molecular weight excluding hydrogens is 482 g/mol. The van der Waals surface area contributed by atoms with E-state index in [1.54, 1.807) is 43.5 Å². The Bertz CT molecular complexity index is 1220. The molecule has 0 fully saturated rings. The van der Waals surface area contributed by atoms with E-state index in [0.29, 0.717) is 28.8 Å². The molecule has 0 aliphatic heterocycles. The van der Waals surface area contributed by atoms with Gasteiger partial charge in [-0.15, -0.1) is 11.3 Å². The maximum Gasteiger partial charge on any atom is 0.328 e. The lowest BCUT2D eigenvalue weighted by atomic mass is 10.0. The van der Waals surface area contributed by atoms with Gasteiger partial charge >= 0.3 is 5.97 Å². The molecule has 190 valence electrons. The molecule has 2 aromatic heterocycles. The van der Waals surface area contributed by atoms with Crippen molar-refractivity contribution in [2.45, 2.75) is 39.7 Å². The summed E-state index contributed by atoms with van der Waals surface area (Å²) in [4.78, 5) is 45.8. The minimum Gasteiger partial charge on any atom is -0.508 e. The van der Waals surface area contributed by atoms with Gasteiger partial charge in [-0.1, -0.05) is 12.1 Å². The molecule has 0 unspecified atom stereocenters. The van der Waals surface area contributed by atoms with Gasteiger partial charge in [0.1, 0.15) is 11.8 Å². The zero-order valence-electron chi connectivity index (χ0n) is 20.3. The minimum absolute atomic E-state index is 0.187. The third-order valence-electron chi connectivity index (χ3n) is 5.55. The second-order valence-electron chi connectivity index (χ2n) is 8.29. The Morgan fingerprint density at radius 3 is 2.42 bits per heavy atom. The number of thiophene rings is 1. The van der Waals surface area contributed by atoms with Crippen molar-refractivity contribution in [3.8, 4) is 5.75 Å². The highest BCUT2D eigenvalue weighted by atomic mass is 32.1. The topological polar surface area (TPSA) is 154 Å². The number of aliphatic carboxylic acids is 1. The molecule has 10 nitrogen and oxygen atoms in total. The maximum atomic E-state index is 12.9. The molecule has 0 saturated carbocycles. The highest BCUT2D eigenvalue weighted by Gasteiger charge is 2.24. The summed E-state index contributed by atoms with van der Waals surface area (Å²) in [6, 6.07) is 7.32. The second-order valence-corrected chi connectivity index (χ2v) is 9.23. The number of hydrogen-bond donors (Lipinski definition) is 5. The summed E-state index contributed by atoms with van der Waals surface area (Å²) in [5.74, 6) is -1.70. The van der Waals surface area contributed by atoms with Gasteiger partial charge in [-0.3, -0.25) is 9.59 Å². The average molecular weight is 512 g/mol. The zero-order valence-corrected chi connectivity index (χ0v) is 21.1. The predicted octanol–water partition coefficient (Wildman–Crippen LogP) is 2.83. The van der Waals surface area contributed by atoms with E-state index in [0.717, 1.165) is 24.0 Å². The molecular formula is C25H29N5O5S. The lowest BCUT2D eigenvalue weighted by Gasteiger charge is -2.17. The van der Waals surface area contributed by atoms with Crippen molar-refractivity contribution < 1.29 is 24.6 Å². The van der Waals surface area contributed by atoms with Crippen LogP contribution in [0, 0.1) is 20.8 Å². The first-order valence-corrected chi connectivity index (χ1v) is 12.3. The fourth-order valence-electron chi connectivity index (χ4n) is 3.65. The van der Waals surface area contributed by atoms with E-state index >= 15 is 0 Å². The zero-order chi connectivity index (χ0) is 26.2. The Morgan fingerprint density at radius 2 is 1.78 bits per heavy atom. The summed E-state index contributed by atoms with van der Waals surface area (Å²) in [5, 5.41) is 29.0. The van der Waals surface area contributed by atoms with Crippen LogP contribution < -0.4 is 16.0 Å². The number of nitrogens with one attached hydrogen (secondary N) is 3. The van der Waals surface area contributed by atoms with Crippen molar-refractivity contribution in [1.29, 1.82) is 0 Å². The number of aromatic nitrogens is 2. The summed E-state index contributed by atoms with van der Waals surface area (Å²) in [6.07, 6.45) is 1.55. The second kappa shape index (κ2) is 12.1. The van der Waals surface area contributed by atoms with E-state index in [9.17, 15) is 24.6 Å². The molecule has 1 atom stereocenters. The van der Waals surface area contributed by atoms with E-state index in [4.69, 9.17) is 0 Å². The van der Waals surface area contributed by atoms with Crippen molar-refractivity contribution in [2.24, 2.45) is 0 Å². The quantitative estimate of drug-likeness (QED) is 0.246. The van der Waals surface area contributed by atoms with Crippen molar-refractivity contribution in [1.82, 2.24) is 20.6 Å². The lowest BCUT2D eigenvalue weighted by molar-refractivity contribution is -0.139. The van der Waals surface area contributed by atoms with Crippen LogP contribution >= 0.6 is 11.3 Å². The highest BCUT2D eigenvalue weighted by molar-refractivity contribution is 7.12. The van der Waals surface area contributed by atoms with Crippen molar-refractivity contribution >= 4 is 35.1 Å². The van der Waals surface area contributed by atoms with E-state index in [1.807, 2.05) is 13.0 Å². The average Bonchev–Trinajstić information content (AvgIpc) is 3.36. The van der Waals surface area contributed by atoms with E-state index in [1.165, 1.54) is 11.3 Å². The molecule has 0 radical (unpaired) electrons. The molecule has 3 rings (SSSR count). The minimum atomic E-state index is -1.32. The number of carbonyl (C=O) groups excluding carboxylic acids is 2. The number of amides is 2. The maximum absolute atomic E-state index is 12.9. The standard InChI is InChI=1S/C25H29N5O5S/c1-14-8-9-18(31)12-17(14)6-4-10-26-25-28-15(2)21(16(3)29-25)23(33)30-19(24(34)35)13-27-22(32)20-7-5-11-36-20/h5,7-9,11-12,19,31H,4,6,10,13H2,1-3H3,(H,27,32)(H,30,33)(H,34,35)(H,26,28,29)/t19-/m0/s1. The van der Waals surface area contributed by atoms with Crippen LogP contribution in [-0.2, 0) is 11.2 Å². The SMILES string of the molecule is Cc1ccc(O)cc1CCCNc1nc(C)c(C(=O)N[C@@H](CNC(=O)c2cccs2)C(=O)O)c(C)n1. The smallest absolute Gasteiger partial charge is 0.328 e. The van der Waals surface area contributed by atoms with Gasteiger partial charge in [0.05, 0.1) is 21.8 Å². The molecule has 0 spiro atoms. The Hall–Kier alpha value is -3.99. The number of carboxylic acid groups (broad SMARTS) is 1. The number of phenols is 1. The molecule has 3 aromatic rings. The van der Waals surface area contributed by atoms with Gasteiger partial charge in [0.15, 0.2) is 0 Å². The van der Waals surface area contributed by atoms with Crippen molar-refractivity contribution in [3.63, 3.8) is 0 Å². The van der Waals surface area contributed by atoms with Gasteiger partial charge in [0.25, 0.3) is 11.8 Å². The molecule has 5 N–H and O–H groups in total. The monoisotopic (exact) mass is 511 g/mol. The lowest BCUT2D eigenvalue weighted by Crippen LogP contribution is -2.48. The number of anilines is 1. The number of nitrogens with zero attached hydrogens (tertiary/aromatic N) is 2. The Labute approximate surface area is 212 Å². The highest BCUT2D eigenvalue weighted by Crippen LogP contribution is 2.18. The van der Waals surface area contributed by atoms with Gasteiger partial charge in [-0.05, 0) is 68.3 Å².